The predicted molar refractivity (Wildman–Crippen MR) is 242 cm³/mol. The predicted octanol–water partition coefficient (Wildman–Crippen LogP) is 6.76. The van der Waals surface area contributed by atoms with Crippen LogP contribution in [-0.4, -0.2) is 117 Å². The molecule has 0 spiro atoms. The number of rotatable bonds is 15. The highest BCUT2D eigenvalue weighted by Crippen LogP contribution is 2.38. The van der Waals surface area contributed by atoms with Gasteiger partial charge in [-0.25, -0.2) is 9.37 Å². The van der Waals surface area contributed by atoms with Crippen LogP contribution >= 0.6 is 0 Å². The van der Waals surface area contributed by atoms with Crippen molar-refractivity contribution in [1.82, 2.24) is 34.6 Å². The van der Waals surface area contributed by atoms with E-state index in [4.69, 9.17) is 10.1 Å². The first-order valence-electron chi connectivity index (χ1n) is 23.1. The number of β-amino-alcohol motifs (C(OH)–C–C–N with tert-alkyl or cyclic N) is 1. The smallest absolute Gasteiger partial charge is 0.255 e. The molecule has 1 atom stereocenters. The number of carbonyl (C=O) groups excluding carboxylic acids is 3. The first-order valence-corrected chi connectivity index (χ1v) is 23.1. The lowest BCUT2D eigenvalue weighted by molar-refractivity contribution is -0.136. The van der Waals surface area contributed by atoms with Crippen LogP contribution in [0.3, 0.4) is 0 Å². The van der Waals surface area contributed by atoms with Gasteiger partial charge in [0, 0.05) is 68.4 Å². The number of imide groups is 1. The van der Waals surface area contributed by atoms with E-state index in [1.807, 2.05) is 10.6 Å². The summed E-state index contributed by atoms with van der Waals surface area (Å²) in [7, 11) is 0. The van der Waals surface area contributed by atoms with Crippen LogP contribution < -0.4 is 10.2 Å². The van der Waals surface area contributed by atoms with E-state index in [9.17, 15) is 23.9 Å². The van der Waals surface area contributed by atoms with Gasteiger partial charge >= 0.3 is 0 Å². The van der Waals surface area contributed by atoms with E-state index in [1.165, 1.54) is 35.8 Å². The molecule has 12 nitrogen and oxygen atoms in total. The molecule has 0 bridgehead atoms. The van der Waals surface area contributed by atoms with E-state index in [2.05, 4.69) is 81.5 Å². The molecule has 0 radical (unpaired) electrons. The number of nitrogens with zero attached hydrogens (tertiary/aromatic N) is 7. The van der Waals surface area contributed by atoms with Crippen molar-refractivity contribution in [2.24, 2.45) is 0 Å². The minimum absolute atomic E-state index is 0.167. The second-order valence-electron chi connectivity index (χ2n) is 17.9. The van der Waals surface area contributed by atoms with Crippen LogP contribution in [-0.2, 0) is 22.6 Å². The number of benzene rings is 3. The summed E-state index contributed by atoms with van der Waals surface area (Å²) in [5, 5.41) is 16.9. The van der Waals surface area contributed by atoms with Crippen molar-refractivity contribution in [3.05, 3.63) is 107 Å². The third kappa shape index (κ3) is 9.28. The molecule has 3 amide bonds. The van der Waals surface area contributed by atoms with Gasteiger partial charge in [0.25, 0.3) is 5.91 Å². The van der Waals surface area contributed by atoms with Crippen molar-refractivity contribution < 1.29 is 23.9 Å². The van der Waals surface area contributed by atoms with Gasteiger partial charge in [0.15, 0.2) is 5.65 Å². The number of aromatic nitrogens is 3. The first kappa shape index (κ1) is 42.8. The molecule has 0 aliphatic carbocycles. The maximum absolute atomic E-state index is 14.9. The van der Waals surface area contributed by atoms with Gasteiger partial charge in [0.2, 0.25) is 11.8 Å². The number of piperidine rings is 2. The molecule has 4 aliphatic heterocycles. The topological polar surface area (TPSA) is 127 Å². The van der Waals surface area contributed by atoms with Crippen LogP contribution in [0.2, 0.25) is 0 Å². The zero-order valence-corrected chi connectivity index (χ0v) is 36.4. The number of aryl methyl sites for hydroxylation is 2. The number of aliphatic hydroxyl groups is 1. The molecular formula is C50H59FN8O4. The van der Waals surface area contributed by atoms with E-state index < -0.39 is 17.8 Å². The fraction of sp³-hybridized carbons (Fsp3) is 0.460. The van der Waals surface area contributed by atoms with Crippen molar-refractivity contribution in [3.8, 4) is 22.4 Å². The summed E-state index contributed by atoms with van der Waals surface area (Å²) in [5.74, 6) is -0.289. The van der Waals surface area contributed by atoms with Crippen LogP contribution in [0.15, 0.2) is 72.8 Å². The number of nitrogens with one attached hydrogen (secondary N) is 1. The number of anilines is 1. The normalized spacial score (nSPS) is 19.0. The Hall–Kier alpha value is -5.50. The Bertz CT molecular complexity index is 2460. The van der Waals surface area contributed by atoms with Crippen LogP contribution in [0.1, 0.15) is 96.4 Å². The Labute approximate surface area is 369 Å². The van der Waals surface area contributed by atoms with Gasteiger partial charge < -0.3 is 19.8 Å². The molecule has 9 rings (SSSR count). The average molecular weight is 855 g/mol. The zero-order chi connectivity index (χ0) is 43.5. The number of fused-ring (bicyclic) bond motifs is 2. The first-order chi connectivity index (χ1) is 30.7. The third-order valence-electron chi connectivity index (χ3n) is 13.8. The highest BCUT2D eigenvalue weighted by molar-refractivity contribution is 6.05. The summed E-state index contributed by atoms with van der Waals surface area (Å²) in [5.41, 5.74) is 9.47. The Morgan fingerprint density at radius 3 is 2.32 bits per heavy atom. The lowest BCUT2D eigenvalue weighted by Gasteiger charge is -2.35. The molecule has 4 aliphatic rings. The van der Waals surface area contributed by atoms with Gasteiger partial charge in [-0.2, -0.15) is 9.61 Å². The van der Waals surface area contributed by atoms with Gasteiger partial charge in [0.1, 0.15) is 17.7 Å². The fourth-order valence-electron chi connectivity index (χ4n) is 10.3. The zero-order valence-electron chi connectivity index (χ0n) is 36.4. The highest BCUT2D eigenvalue weighted by Gasteiger charge is 2.41. The van der Waals surface area contributed by atoms with E-state index in [-0.39, 0.29) is 37.3 Å². The van der Waals surface area contributed by atoms with Crippen LogP contribution in [0, 0.1) is 12.7 Å². The van der Waals surface area contributed by atoms with Crippen LogP contribution in [0.25, 0.3) is 28.0 Å². The average Bonchev–Trinajstić information content (AvgIpc) is 3.81. The second-order valence-corrected chi connectivity index (χ2v) is 17.9. The molecule has 3 saturated heterocycles. The number of hydrogen-bond donors (Lipinski definition) is 2. The number of hydrogen-bond acceptors (Lipinski definition) is 9. The maximum atomic E-state index is 14.9. The molecule has 1 unspecified atom stereocenters. The SMILES string of the molecule is Cc1nn2c(N3CCN(CCO)CC3)cc(-c3cccc(CCCCCCCN4CCC(c5cc(F)cc6c5CN(C5CCC(=O)NC5=O)C6=O)CC4)c3)nc2c1-c1ccccc1. The number of amides is 3. The Kier molecular flexibility index (Phi) is 13.0. The molecule has 13 heteroatoms. The number of piperazine rings is 1. The minimum Gasteiger partial charge on any atom is -0.395 e. The molecular weight excluding hydrogens is 796 g/mol. The second kappa shape index (κ2) is 19.1. The summed E-state index contributed by atoms with van der Waals surface area (Å²) >= 11 is 0. The van der Waals surface area contributed by atoms with Crippen LogP contribution in [0.4, 0.5) is 10.2 Å². The summed E-state index contributed by atoms with van der Waals surface area (Å²) < 4.78 is 16.9. The van der Waals surface area contributed by atoms with Crippen molar-refractivity contribution in [1.29, 1.82) is 0 Å². The number of unbranched alkanes of at least 4 members (excludes halogenated alkanes) is 4. The largest absolute Gasteiger partial charge is 0.395 e. The Balaban J connectivity index is 0.768. The van der Waals surface area contributed by atoms with E-state index in [0.717, 1.165) is 129 Å². The van der Waals surface area contributed by atoms with E-state index >= 15 is 0 Å². The Morgan fingerprint density at radius 2 is 1.54 bits per heavy atom. The van der Waals surface area contributed by atoms with E-state index in [0.29, 0.717) is 18.5 Å². The molecule has 3 aromatic carbocycles. The summed E-state index contributed by atoms with van der Waals surface area (Å²) in [4.78, 5) is 51.7. The minimum atomic E-state index is -0.705. The molecule has 5 aromatic rings. The van der Waals surface area contributed by atoms with Gasteiger partial charge in [0.05, 0.1) is 18.0 Å². The van der Waals surface area contributed by atoms with Crippen molar-refractivity contribution >= 4 is 29.2 Å². The van der Waals surface area contributed by atoms with Crippen molar-refractivity contribution in [2.75, 3.05) is 63.9 Å². The van der Waals surface area contributed by atoms with Gasteiger partial charge in [-0.05, 0) is 111 Å². The molecule has 2 aromatic heterocycles. The maximum Gasteiger partial charge on any atom is 0.255 e. The summed E-state index contributed by atoms with van der Waals surface area (Å²) in [6, 6.07) is 23.7. The van der Waals surface area contributed by atoms with Crippen molar-refractivity contribution in [3.63, 3.8) is 0 Å². The quantitative estimate of drug-likeness (QED) is 0.0869. The summed E-state index contributed by atoms with van der Waals surface area (Å²) in [6.45, 7) is 9.65. The number of carbonyl (C=O) groups is 3. The lowest BCUT2D eigenvalue weighted by atomic mass is 9.85. The monoisotopic (exact) mass is 854 g/mol. The Morgan fingerprint density at radius 1 is 0.794 bits per heavy atom. The van der Waals surface area contributed by atoms with E-state index in [1.54, 1.807) is 6.07 Å². The standard InChI is InChI=1S/C50H59FN8O4/c1-34-47(37-13-7-5-8-14-37)48-52-43(32-46(59(48)54-34)57-25-23-56(24-26-57)27-28-60)38-15-10-12-35(29-38)11-6-3-2-4-9-20-55-21-18-36(19-22-55)40-30-39(51)31-41-42(40)33-58(50(41)63)44-16-17-45(61)53-49(44)62/h5,7-8,10,12-15,29-32,36,44,60H,2-4,6,9,11,16-28,33H2,1H3,(H,53,61,62). The number of halogens is 1. The molecule has 6 heterocycles. The van der Waals surface area contributed by atoms with Crippen molar-refractivity contribution in [2.45, 2.75) is 89.6 Å². The third-order valence-corrected chi connectivity index (χ3v) is 13.8. The lowest BCUT2D eigenvalue weighted by Crippen LogP contribution is -2.52. The highest BCUT2D eigenvalue weighted by atomic mass is 19.1. The number of aliphatic hydroxyl groups excluding tert-OH is 1. The van der Waals surface area contributed by atoms with Gasteiger partial charge in [-0.1, -0.05) is 67.8 Å². The molecule has 330 valence electrons. The summed E-state index contributed by atoms with van der Waals surface area (Å²) in [6.07, 6.45) is 9.16. The van der Waals surface area contributed by atoms with Gasteiger partial charge in [-0.15, -0.1) is 0 Å². The van der Waals surface area contributed by atoms with Crippen LogP contribution in [0.5, 0.6) is 0 Å². The van der Waals surface area contributed by atoms with Gasteiger partial charge in [-0.3, -0.25) is 24.6 Å². The molecule has 0 saturated carbocycles. The fourth-order valence-corrected chi connectivity index (χ4v) is 10.3. The molecule has 63 heavy (non-hydrogen) atoms. The molecule has 2 N–H and O–H groups in total. The number of likely N-dealkylation sites (tertiary alicyclic amines) is 1. The molecule has 3 fully saturated rings.